The van der Waals surface area contributed by atoms with E-state index in [1.165, 1.54) is 31.4 Å². The Morgan fingerprint density at radius 1 is 1.19 bits per heavy atom. The van der Waals surface area contributed by atoms with E-state index in [0.29, 0.717) is 0 Å². The second-order valence-corrected chi connectivity index (χ2v) is 7.76. The van der Waals surface area contributed by atoms with Crippen molar-refractivity contribution in [1.82, 2.24) is 4.90 Å². The molecule has 1 fully saturated rings. The lowest BCUT2D eigenvalue weighted by molar-refractivity contribution is 0.139. The highest BCUT2D eigenvalue weighted by Gasteiger charge is 2.35. The van der Waals surface area contributed by atoms with Gasteiger partial charge in [-0.3, -0.25) is 4.90 Å². The Morgan fingerprint density at radius 2 is 1.81 bits per heavy atom. The molecule has 0 heterocycles. The van der Waals surface area contributed by atoms with Crippen molar-refractivity contribution in [3.05, 3.63) is 35.9 Å². The van der Waals surface area contributed by atoms with Crippen LogP contribution in [0.25, 0.3) is 0 Å². The molecule has 0 spiro atoms. The van der Waals surface area contributed by atoms with E-state index in [0.717, 1.165) is 18.5 Å². The standard InChI is InChI=1S/C19H32N2/c1-15(2)12-13-21(17-10-11-17)14-19(3,4)18(20)16-8-6-5-7-9-16/h5-9,15,17-18H,10-14,20H2,1-4H3. The number of benzene rings is 1. The van der Waals surface area contributed by atoms with Crippen molar-refractivity contribution in [3.8, 4) is 0 Å². The number of nitrogens with two attached hydrogens (primary N) is 1. The fourth-order valence-corrected chi connectivity index (χ4v) is 2.99. The number of rotatable bonds is 8. The minimum atomic E-state index is 0.0963. The molecule has 1 aromatic carbocycles. The van der Waals surface area contributed by atoms with Crippen LogP contribution >= 0.6 is 0 Å². The van der Waals surface area contributed by atoms with Crippen molar-refractivity contribution in [2.45, 2.75) is 59.0 Å². The van der Waals surface area contributed by atoms with Gasteiger partial charge < -0.3 is 5.73 Å². The van der Waals surface area contributed by atoms with Gasteiger partial charge in [-0.1, -0.05) is 58.0 Å². The summed E-state index contributed by atoms with van der Waals surface area (Å²) in [5, 5.41) is 0. The van der Waals surface area contributed by atoms with Crippen LogP contribution in [0.1, 0.15) is 58.6 Å². The van der Waals surface area contributed by atoms with Crippen LogP contribution in [0, 0.1) is 11.3 Å². The first kappa shape index (κ1) is 16.5. The lowest BCUT2D eigenvalue weighted by Gasteiger charge is -2.37. The zero-order chi connectivity index (χ0) is 15.5. The zero-order valence-electron chi connectivity index (χ0n) is 14.2. The third kappa shape index (κ3) is 4.82. The molecule has 0 bridgehead atoms. The molecule has 0 saturated heterocycles. The van der Waals surface area contributed by atoms with Crippen LogP contribution in [0.4, 0.5) is 0 Å². The summed E-state index contributed by atoms with van der Waals surface area (Å²) < 4.78 is 0. The van der Waals surface area contributed by atoms with Crippen LogP contribution in [0.15, 0.2) is 30.3 Å². The zero-order valence-corrected chi connectivity index (χ0v) is 14.2. The first-order valence-electron chi connectivity index (χ1n) is 8.45. The van der Waals surface area contributed by atoms with E-state index in [9.17, 15) is 0 Å². The van der Waals surface area contributed by atoms with Crippen LogP contribution in [-0.4, -0.2) is 24.0 Å². The van der Waals surface area contributed by atoms with Gasteiger partial charge in [0.15, 0.2) is 0 Å². The molecule has 1 saturated carbocycles. The molecule has 0 amide bonds. The molecule has 118 valence electrons. The van der Waals surface area contributed by atoms with Crippen LogP contribution in [0.5, 0.6) is 0 Å². The van der Waals surface area contributed by atoms with Crippen LogP contribution in [0.3, 0.4) is 0 Å². The first-order valence-corrected chi connectivity index (χ1v) is 8.45. The minimum Gasteiger partial charge on any atom is -0.323 e. The summed E-state index contributed by atoms with van der Waals surface area (Å²) in [6.07, 6.45) is 4.02. The molecule has 2 N–H and O–H groups in total. The van der Waals surface area contributed by atoms with Crippen molar-refractivity contribution >= 4 is 0 Å². The predicted octanol–water partition coefficient (Wildman–Crippen LogP) is 4.22. The van der Waals surface area contributed by atoms with Crippen LogP contribution in [0.2, 0.25) is 0 Å². The normalized spacial score (nSPS) is 17.5. The van der Waals surface area contributed by atoms with E-state index in [1.54, 1.807) is 0 Å². The van der Waals surface area contributed by atoms with E-state index in [2.05, 4.69) is 62.9 Å². The van der Waals surface area contributed by atoms with E-state index < -0.39 is 0 Å². The van der Waals surface area contributed by atoms with Crippen molar-refractivity contribution in [2.75, 3.05) is 13.1 Å². The molecule has 1 aliphatic rings. The summed E-state index contributed by atoms with van der Waals surface area (Å²) >= 11 is 0. The van der Waals surface area contributed by atoms with Gasteiger partial charge in [0.25, 0.3) is 0 Å². The van der Waals surface area contributed by atoms with Gasteiger partial charge >= 0.3 is 0 Å². The van der Waals surface area contributed by atoms with Crippen molar-refractivity contribution in [1.29, 1.82) is 0 Å². The quantitative estimate of drug-likeness (QED) is 0.776. The van der Waals surface area contributed by atoms with E-state index in [-0.39, 0.29) is 11.5 Å². The van der Waals surface area contributed by atoms with Gasteiger partial charge in [0.1, 0.15) is 0 Å². The van der Waals surface area contributed by atoms with Gasteiger partial charge in [-0.2, -0.15) is 0 Å². The number of nitrogens with zero attached hydrogens (tertiary/aromatic N) is 1. The lowest BCUT2D eigenvalue weighted by Crippen LogP contribution is -2.42. The van der Waals surface area contributed by atoms with Gasteiger partial charge in [-0.25, -0.2) is 0 Å². The molecule has 2 heteroatoms. The van der Waals surface area contributed by atoms with E-state index >= 15 is 0 Å². The smallest absolute Gasteiger partial charge is 0.0359 e. The maximum absolute atomic E-state index is 6.57. The largest absolute Gasteiger partial charge is 0.323 e. The molecular formula is C19H32N2. The summed E-state index contributed by atoms with van der Waals surface area (Å²) in [6.45, 7) is 11.6. The van der Waals surface area contributed by atoms with Gasteiger partial charge in [0.2, 0.25) is 0 Å². The van der Waals surface area contributed by atoms with E-state index in [1.807, 2.05) is 0 Å². The molecule has 0 aliphatic heterocycles. The average molecular weight is 288 g/mol. The second kappa shape index (κ2) is 6.93. The van der Waals surface area contributed by atoms with Gasteiger partial charge in [0.05, 0.1) is 0 Å². The summed E-state index contributed by atoms with van der Waals surface area (Å²) in [5.74, 6) is 0.775. The van der Waals surface area contributed by atoms with Gasteiger partial charge in [-0.05, 0) is 42.7 Å². The topological polar surface area (TPSA) is 29.3 Å². The Morgan fingerprint density at radius 3 is 2.33 bits per heavy atom. The van der Waals surface area contributed by atoms with Gasteiger partial charge in [-0.15, -0.1) is 0 Å². The maximum atomic E-state index is 6.57. The second-order valence-electron chi connectivity index (χ2n) is 7.76. The molecule has 0 radical (unpaired) electrons. The molecule has 1 unspecified atom stereocenters. The highest BCUT2D eigenvalue weighted by molar-refractivity contribution is 5.20. The Hall–Kier alpha value is -0.860. The van der Waals surface area contributed by atoms with Crippen LogP contribution < -0.4 is 5.73 Å². The fraction of sp³-hybridized carbons (Fsp3) is 0.684. The predicted molar refractivity (Wildman–Crippen MR) is 91.2 cm³/mol. The van der Waals surface area contributed by atoms with Crippen molar-refractivity contribution in [2.24, 2.45) is 17.1 Å². The summed E-state index contributed by atoms with van der Waals surface area (Å²) in [7, 11) is 0. The average Bonchev–Trinajstić information content (AvgIpc) is 3.28. The SMILES string of the molecule is CC(C)CCN(CC(C)(C)C(N)c1ccccc1)C1CC1. The number of hydrogen-bond donors (Lipinski definition) is 1. The molecule has 1 atom stereocenters. The Bertz CT molecular complexity index is 420. The van der Waals surface area contributed by atoms with Crippen molar-refractivity contribution < 1.29 is 0 Å². The highest BCUT2D eigenvalue weighted by Crippen LogP contribution is 2.36. The molecule has 1 aliphatic carbocycles. The first-order chi connectivity index (χ1) is 9.90. The summed E-state index contributed by atoms with van der Waals surface area (Å²) in [6, 6.07) is 11.4. The van der Waals surface area contributed by atoms with Gasteiger partial charge in [0, 0.05) is 18.6 Å². The fourth-order valence-electron chi connectivity index (χ4n) is 2.99. The third-order valence-corrected chi connectivity index (χ3v) is 4.67. The van der Waals surface area contributed by atoms with Crippen LogP contribution in [-0.2, 0) is 0 Å². The monoisotopic (exact) mass is 288 g/mol. The maximum Gasteiger partial charge on any atom is 0.0359 e. The Kier molecular flexibility index (Phi) is 5.45. The summed E-state index contributed by atoms with van der Waals surface area (Å²) in [4.78, 5) is 2.68. The molecule has 2 nitrogen and oxygen atoms in total. The van der Waals surface area contributed by atoms with Crippen molar-refractivity contribution in [3.63, 3.8) is 0 Å². The molecule has 21 heavy (non-hydrogen) atoms. The minimum absolute atomic E-state index is 0.0963. The summed E-state index contributed by atoms with van der Waals surface area (Å²) in [5.41, 5.74) is 7.92. The number of hydrogen-bond acceptors (Lipinski definition) is 2. The molecular weight excluding hydrogens is 256 g/mol. The molecule has 1 aromatic rings. The molecule has 2 rings (SSSR count). The Balaban J connectivity index is 2.00. The Labute approximate surface area is 130 Å². The van der Waals surface area contributed by atoms with E-state index in [4.69, 9.17) is 5.73 Å². The lowest BCUT2D eigenvalue weighted by atomic mass is 9.80. The third-order valence-electron chi connectivity index (χ3n) is 4.67. The molecule has 0 aromatic heterocycles. The highest BCUT2D eigenvalue weighted by atomic mass is 15.2.